The van der Waals surface area contributed by atoms with Crippen LogP contribution in [0.4, 0.5) is 0 Å². The van der Waals surface area contributed by atoms with Gasteiger partial charge in [-0.15, -0.1) is 0 Å². The lowest BCUT2D eigenvalue weighted by Gasteiger charge is -2.35. The van der Waals surface area contributed by atoms with Gasteiger partial charge in [0.05, 0.1) is 30.4 Å². The molecule has 23 heavy (non-hydrogen) atoms. The van der Waals surface area contributed by atoms with E-state index < -0.39 is 6.10 Å². The fraction of sp³-hybridized carbons (Fsp3) is 0.250. The number of fused-ring (bicyclic) bond motifs is 4. The van der Waals surface area contributed by atoms with Gasteiger partial charge in [-0.3, -0.25) is 0 Å². The summed E-state index contributed by atoms with van der Waals surface area (Å²) >= 11 is 0. The Morgan fingerprint density at radius 1 is 1.00 bits per heavy atom. The number of aromatic nitrogens is 2. The lowest BCUT2D eigenvalue weighted by Crippen LogP contribution is -2.28. The van der Waals surface area contributed by atoms with Gasteiger partial charge in [-0.2, -0.15) is 0 Å². The fourth-order valence-electron chi connectivity index (χ4n) is 4.40. The molecule has 114 valence electrons. The summed E-state index contributed by atoms with van der Waals surface area (Å²) in [6.07, 6.45) is 5.44. The van der Waals surface area contributed by atoms with Gasteiger partial charge in [0.25, 0.3) is 0 Å². The Morgan fingerprint density at radius 3 is 2.70 bits per heavy atom. The number of imidazole rings is 1. The number of hydrogen-bond acceptors (Lipinski definition) is 2. The molecule has 2 heterocycles. The molecule has 3 nitrogen and oxygen atoms in total. The normalized spacial score (nSPS) is 24.8. The van der Waals surface area contributed by atoms with Crippen molar-refractivity contribution in [3.8, 4) is 11.3 Å². The maximum Gasteiger partial charge on any atom is 0.0956 e. The van der Waals surface area contributed by atoms with Crippen molar-refractivity contribution in [2.24, 2.45) is 5.92 Å². The van der Waals surface area contributed by atoms with Gasteiger partial charge in [0.2, 0.25) is 0 Å². The molecule has 1 aliphatic heterocycles. The highest BCUT2D eigenvalue weighted by Crippen LogP contribution is 2.49. The molecular weight excluding hydrogens is 284 g/mol. The van der Waals surface area contributed by atoms with Crippen molar-refractivity contribution in [1.82, 2.24) is 9.55 Å². The maximum absolute atomic E-state index is 11.0. The summed E-state index contributed by atoms with van der Waals surface area (Å²) < 4.78 is 2.24. The third kappa shape index (κ3) is 1.77. The van der Waals surface area contributed by atoms with Crippen LogP contribution in [0.15, 0.2) is 61.1 Å². The Bertz CT molecular complexity index is 883. The second-order valence-corrected chi connectivity index (χ2v) is 6.56. The number of aliphatic hydroxyl groups is 1. The zero-order valence-electron chi connectivity index (χ0n) is 12.8. The highest BCUT2D eigenvalue weighted by Gasteiger charge is 2.40. The molecule has 2 aromatic carbocycles. The van der Waals surface area contributed by atoms with Gasteiger partial charge in [0, 0.05) is 11.5 Å². The predicted molar refractivity (Wildman–Crippen MR) is 89.0 cm³/mol. The summed E-state index contributed by atoms with van der Waals surface area (Å²) in [6.45, 7) is 0. The van der Waals surface area contributed by atoms with E-state index in [9.17, 15) is 5.11 Å². The van der Waals surface area contributed by atoms with Gasteiger partial charge in [-0.25, -0.2) is 4.98 Å². The fourth-order valence-corrected chi connectivity index (χ4v) is 4.40. The maximum atomic E-state index is 11.0. The summed E-state index contributed by atoms with van der Waals surface area (Å²) in [4.78, 5) is 4.34. The molecule has 2 aliphatic rings. The SMILES string of the molecule is O[C@H]1c2ccccc2CC[C@@H]1[C@@H]1c2ccccc2-c2cncn21. The van der Waals surface area contributed by atoms with Crippen LogP contribution in [0.2, 0.25) is 0 Å². The second kappa shape index (κ2) is 4.80. The third-order valence-corrected chi connectivity index (χ3v) is 5.45. The van der Waals surface area contributed by atoms with E-state index in [0.29, 0.717) is 0 Å². The van der Waals surface area contributed by atoms with Crippen LogP contribution >= 0.6 is 0 Å². The number of nitrogens with zero attached hydrogens (tertiary/aromatic N) is 2. The van der Waals surface area contributed by atoms with E-state index in [1.165, 1.54) is 16.7 Å². The zero-order chi connectivity index (χ0) is 15.4. The van der Waals surface area contributed by atoms with Gasteiger partial charge >= 0.3 is 0 Å². The number of aliphatic hydroxyl groups excluding tert-OH is 1. The molecule has 1 N–H and O–H groups in total. The van der Waals surface area contributed by atoms with E-state index in [1.54, 1.807) is 0 Å². The van der Waals surface area contributed by atoms with Crippen molar-refractivity contribution in [2.45, 2.75) is 25.0 Å². The zero-order valence-corrected chi connectivity index (χ0v) is 12.8. The largest absolute Gasteiger partial charge is 0.388 e. The Kier molecular flexibility index (Phi) is 2.73. The van der Waals surface area contributed by atoms with Crippen LogP contribution in [0.3, 0.4) is 0 Å². The lowest BCUT2D eigenvalue weighted by atomic mass is 9.76. The number of benzene rings is 2. The minimum absolute atomic E-state index is 0.173. The first-order valence-electron chi connectivity index (χ1n) is 8.21. The van der Waals surface area contributed by atoms with Gasteiger partial charge in [0.15, 0.2) is 0 Å². The van der Waals surface area contributed by atoms with Gasteiger partial charge in [-0.05, 0) is 29.5 Å². The summed E-state index contributed by atoms with van der Waals surface area (Å²) in [7, 11) is 0. The standard InChI is InChI=1S/C20H18N2O/c23-20-14-6-2-1-5-13(14)9-10-17(20)19-16-8-4-3-7-15(16)18-11-21-12-22(18)19/h1-8,11-12,17,19-20,23H,9-10H2/t17-,19+,20+/m1/s1. The van der Waals surface area contributed by atoms with Crippen LogP contribution in [-0.4, -0.2) is 14.7 Å². The van der Waals surface area contributed by atoms with E-state index >= 15 is 0 Å². The Labute approximate surface area is 135 Å². The second-order valence-electron chi connectivity index (χ2n) is 6.56. The van der Waals surface area contributed by atoms with Crippen molar-refractivity contribution >= 4 is 0 Å². The smallest absolute Gasteiger partial charge is 0.0956 e. The molecule has 3 aromatic rings. The summed E-state index contributed by atoms with van der Waals surface area (Å²) in [5.74, 6) is 0.182. The average Bonchev–Trinajstić information content (AvgIpc) is 3.17. The van der Waals surface area contributed by atoms with Crippen LogP contribution in [0.1, 0.15) is 35.3 Å². The monoisotopic (exact) mass is 302 g/mol. The van der Waals surface area contributed by atoms with Crippen molar-refractivity contribution in [2.75, 3.05) is 0 Å². The molecule has 0 unspecified atom stereocenters. The lowest BCUT2D eigenvalue weighted by molar-refractivity contribution is 0.0720. The molecule has 0 radical (unpaired) electrons. The molecule has 0 spiro atoms. The van der Waals surface area contributed by atoms with Crippen molar-refractivity contribution < 1.29 is 5.11 Å². The highest BCUT2D eigenvalue weighted by molar-refractivity contribution is 5.69. The van der Waals surface area contributed by atoms with Crippen LogP contribution in [0.25, 0.3) is 11.3 Å². The molecule has 1 aliphatic carbocycles. The van der Waals surface area contributed by atoms with Crippen LogP contribution in [-0.2, 0) is 6.42 Å². The first-order chi connectivity index (χ1) is 11.3. The summed E-state index contributed by atoms with van der Waals surface area (Å²) in [5, 5.41) is 11.0. The Morgan fingerprint density at radius 2 is 1.78 bits per heavy atom. The first kappa shape index (κ1) is 13.1. The minimum Gasteiger partial charge on any atom is -0.388 e. The molecular formula is C20H18N2O. The highest BCUT2D eigenvalue weighted by atomic mass is 16.3. The van der Waals surface area contributed by atoms with E-state index in [2.05, 4.69) is 52.0 Å². The molecule has 5 rings (SSSR count). The Balaban J connectivity index is 1.64. The minimum atomic E-state index is -0.425. The molecule has 0 saturated heterocycles. The van der Waals surface area contributed by atoms with E-state index in [1.807, 2.05) is 18.6 Å². The molecule has 0 fully saturated rings. The van der Waals surface area contributed by atoms with E-state index in [0.717, 1.165) is 24.1 Å². The molecule has 1 aromatic heterocycles. The van der Waals surface area contributed by atoms with Crippen molar-refractivity contribution in [1.29, 1.82) is 0 Å². The van der Waals surface area contributed by atoms with Crippen LogP contribution in [0.5, 0.6) is 0 Å². The van der Waals surface area contributed by atoms with Crippen LogP contribution < -0.4 is 0 Å². The van der Waals surface area contributed by atoms with E-state index in [4.69, 9.17) is 0 Å². The Hall–Kier alpha value is -2.39. The predicted octanol–water partition coefficient (Wildman–Crippen LogP) is 3.75. The van der Waals surface area contributed by atoms with Crippen molar-refractivity contribution in [3.05, 3.63) is 77.7 Å². The average molecular weight is 302 g/mol. The topological polar surface area (TPSA) is 38.1 Å². The van der Waals surface area contributed by atoms with Gasteiger partial charge < -0.3 is 9.67 Å². The summed E-state index contributed by atoms with van der Waals surface area (Å²) in [6, 6.07) is 17.0. The molecule has 3 atom stereocenters. The molecule has 3 heteroatoms. The van der Waals surface area contributed by atoms with E-state index in [-0.39, 0.29) is 12.0 Å². The quantitative estimate of drug-likeness (QED) is 0.743. The molecule has 0 saturated carbocycles. The number of aryl methyl sites for hydroxylation is 1. The molecule has 0 bridgehead atoms. The van der Waals surface area contributed by atoms with Crippen molar-refractivity contribution in [3.63, 3.8) is 0 Å². The van der Waals surface area contributed by atoms with Crippen LogP contribution in [0, 0.1) is 5.92 Å². The summed E-state index contributed by atoms with van der Waals surface area (Å²) in [5.41, 5.74) is 6.11. The molecule has 0 amide bonds. The number of hydrogen-bond donors (Lipinski definition) is 1. The van der Waals surface area contributed by atoms with Gasteiger partial charge in [-0.1, -0.05) is 48.5 Å². The van der Waals surface area contributed by atoms with Gasteiger partial charge in [0.1, 0.15) is 0 Å². The third-order valence-electron chi connectivity index (χ3n) is 5.45. The number of rotatable bonds is 1. The first-order valence-corrected chi connectivity index (χ1v) is 8.21.